The molecule has 0 radical (unpaired) electrons. The Bertz CT molecular complexity index is 1650. The van der Waals surface area contributed by atoms with Gasteiger partial charge in [0.15, 0.2) is 15.6 Å². The van der Waals surface area contributed by atoms with Crippen LogP contribution in [0, 0.1) is 6.92 Å². The van der Waals surface area contributed by atoms with Gasteiger partial charge in [-0.15, -0.1) is 15.3 Å². The van der Waals surface area contributed by atoms with Crippen molar-refractivity contribution in [2.75, 3.05) is 12.4 Å². The highest BCUT2D eigenvalue weighted by Crippen LogP contribution is 2.43. The molecule has 10 heteroatoms. The molecule has 0 atom stereocenters. The summed E-state index contributed by atoms with van der Waals surface area (Å²) in [6, 6.07) is 17.9. The fourth-order valence-corrected chi connectivity index (χ4v) is 4.32. The van der Waals surface area contributed by atoms with Crippen LogP contribution in [0.5, 0.6) is 11.5 Å². The zero-order valence-corrected chi connectivity index (χ0v) is 20.4. The molecule has 0 saturated heterocycles. The maximum atomic E-state index is 12.0. The molecule has 0 fully saturated rings. The molecule has 0 unspecified atom stereocenters. The molecule has 4 aromatic rings. The summed E-state index contributed by atoms with van der Waals surface area (Å²) in [6.45, 7) is 5.09. The van der Waals surface area contributed by atoms with E-state index in [-0.39, 0.29) is 27.8 Å². The van der Waals surface area contributed by atoms with Crippen molar-refractivity contribution in [3.05, 3.63) is 84.3 Å². The van der Waals surface area contributed by atoms with E-state index in [1.807, 2.05) is 0 Å². The van der Waals surface area contributed by atoms with Crippen LogP contribution in [0.3, 0.4) is 0 Å². The van der Waals surface area contributed by atoms with Gasteiger partial charge in [0.25, 0.3) is 0 Å². The zero-order valence-electron chi connectivity index (χ0n) is 19.5. The Balaban J connectivity index is 1.75. The molecule has 0 amide bonds. The van der Waals surface area contributed by atoms with Crippen LogP contribution in [0.2, 0.25) is 0 Å². The van der Waals surface area contributed by atoms with Crippen LogP contribution in [0.15, 0.2) is 104 Å². The number of hydrogen-bond donors (Lipinski definition) is 3. The number of nitrogens with zero attached hydrogens (tertiary/aromatic N) is 4. The standard InChI is InChI=1S/C26H23N5O4S/c1-4-36(34,35)17-9-12-20(16(2)15-17)28-31-25-18-10-14-23(26(33)19(18)11-13-22(25)27-3)30-29-21-7-5-6-8-24(21)32/h4-15,27,32-33H,1H2,2-3H3. The van der Waals surface area contributed by atoms with E-state index in [9.17, 15) is 18.6 Å². The maximum absolute atomic E-state index is 12.0. The van der Waals surface area contributed by atoms with Crippen molar-refractivity contribution in [3.8, 4) is 11.5 Å². The largest absolute Gasteiger partial charge is 0.506 e. The van der Waals surface area contributed by atoms with Gasteiger partial charge >= 0.3 is 0 Å². The Morgan fingerprint density at radius 1 is 0.833 bits per heavy atom. The van der Waals surface area contributed by atoms with Crippen LogP contribution in [-0.4, -0.2) is 25.7 Å². The van der Waals surface area contributed by atoms with Crippen molar-refractivity contribution in [2.45, 2.75) is 11.8 Å². The van der Waals surface area contributed by atoms with Crippen LogP contribution in [0.1, 0.15) is 5.56 Å². The molecule has 0 heterocycles. The summed E-state index contributed by atoms with van der Waals surface area (Å²) in [4.78, 5) is 0.130. The number of benzene rings is 4. The highest BCUT2D eigenvalue weighted by molar-refractivity contribution is 7.94. The van der Waals surface area contributed by atoms with Gasteiger partial charge in [0.05, 0.1) is 16.3 Å². The van der Waals surface area contributed by atoms with E-state index in [4.69, 9.17) is 0 Å². The third-order valence-corrected chi connectivity index (χ3v) is 6.86. The normalized spacial score (nSPS) is 11.9. The number of aromatic hydroxyl groups is 2. The number of fused-ring (bicyclic) bond motifs is 1. The molecule has 182 valence electrons. The average Bonchev–Trinajstić information content (AvgIpc) is 2.88. The molecule has 9 nitrogen and oxygen atoms in total. The van der Waals surface area contributed by atoms with Gasteiger partial charge < -0.3 is 15.5 Å². The molecule has 0 aromatic heterocycles. The monoisotopic (exact) mass is 501 g/mol. The Morgan fingerprint density at radius 2 is 1.50 bits per heavy atom. The van der Waals surface area contributed by atoms with Crippen LogP contribution in [0.25, 0.3) is 10.8 Å². The number of hydrogen-bond acceptors (Lipinski definition) is 9. The smallest absolute Gasteiger partial charge is 0.199 e. The minimum atomic E-state index is -3.55. The average molecular weight is 502 g/mol. The minimum Gasteiger partial charge on any atom is -0.506 e. The second-order valence-electron chi connectivity index (χ2n) is 7.79. The van der Waals surface area contributed by atoms with Crippen molar-refractivity contribution in [1.29, 1.82) is 0 Å². The first-order valence-electron chi connectivity index (χ1n) is 10.8. The van der Waals surface area contributed by atoms with E-state index >= 15 is 0 Å². The molecule has 36 heavy (non-hydrogen) atoms. The number of azo groups is 2. The summed E-state index contributed by atoms with van der Waals surface area (Å²) in [5.74, 6) is -0.116. The fourth-order valence-electron chi connectivity index (χ4n) is 3.53. The molecule has 0 saturated carbocycles. The first kappa shape index (κ1) is 24.6. The first-order chi connectivity index (χ1) is 17.2. The number of aryl methyl sites for hydroxylation is 1. The van der Waals surface area contributed by atoms with E-state index in [0.717, 1.165) is 5.41 Å². The fraction of sp³-hybridized carbons (Fsp3) is 0.0769. The molecule has 0 aliphatic heterocycles. The SMILES string of the molecule is C=CS(=O)(=O)c1ccc(N=Nc2c(NC)ccc3c(O)c(N=Nc4ccccc4O)ccc23)c(C)c1. The molecular weight excluding hydrogens is 478 g/mol. The van der Waals surface area contributed by atoms with Crippen molar-refractivity contribution in [3.63, 3.8) is 0 Å². The van der Waals surface area contributed by atoms with E-state index in [1.54, 1.807) is 62.5 Å². The third kappa shape index (κ3) is 4.80. The molecule has 0 spiro atoms. The quantitative estimate of drug-likeness (QED) is 0.227. The topological polar surface area (TPSA) is 136 Å². The first-order valence-corrected chi connectivity index (χ1v) is 12.4. The Labute approximate surface area is 208 Å². The lowest BCUT2D eigenvalue weighted by Gasteiger charge is -2.11. The van der Waals surface area contributed by atoms with E-state index in [1.165, 1.54) is 18.2 Å². The van der Waals surface area contributed by atoms with E-state index < -0.39 is 9.84 Å². The van der Waals surface area contributed by atoms with Gasteiger partial charge in [-0.25, -0.2) is 8.42 Å². The Kier molecular flexibility index (Phi) is 6.80. The lowest BCUT2D eigenvalue weighted by Crippen LogP contribution is -1.95. The summed E-state index contributed by atoms with van der Waals surface area (Å²) in [7, 11) is -1.81. The van der Waals surface area contributed by atoms with Gasteiger partial charge in [-0.2, -0.15) is 5.11 Å². The summed E-state index contributed by atoms with van der Waals surface area (Å²) in [5.41, 5.74) is 2.78. The minimum absolute atomic E-state index is 0.0201. The van der Waals surface area contributed by atoms with Crippen molar-refractivity contribution in [2.24, 2.45) is 20.5 Å². The van der Waals surface area contributed by atoms with Crippen LogP contribution in [0.4, 0.5) is 28.4 Å². The number of sulfone groups is 1. The highest BCUT2D eigenvalue weighted by Gasteiger charge is 2.14. The lowest BCUT2D eigenvalue weighted by molar-refractivity contribution is 0.475. The Morgan fingerprint density at radius 3 is 2.19 bits per heavy atom. The van der Waals surface area contributed by atoms with E-state index in [2.05, 4.69) is 32.4 Å². The van der Waals surface area contributed by atoms with Crippen molar-refractivity contribution < 1.29 is 18.6 Å². The number of rotatable bonds is 7. The molecule has 3 N–H and O–H groups in total. The molecule has 0 aliphatic rings. The van der Waals surface area contributed by atoms with Gasteiger partial charge in [0.1, 0.15) is 22.8 Å². The van der Waals surface area contributed by atoms with Crippen LogP contribution < -0.4 is 5.32 Å². The summed E-state index contributed by atoms with van der Waals surface area (Å²) in [6.07, 6.45) is 0. The lowest BCUT2D eigenvalue weighted by atomic mass is 10.1. The maximum Gasteiger partial charge on any atom is 0.199 e. The van der Waals surface area contributed by atoms with Gasteiger partial charge in [0, 0.05) is 23.2 Å². The van der Waals surface area contributed by atoms with Gasteiger partial charge in [-0.05, 0) is 67.1 Å². The molecule has 0 aliphatic carbocycles. The van der Waals surface area contributed by atoms with Crippen molar-refractivity contribution >= 4 is 49.0 Å². The number of nitrogens with one attached hydrogen (secondary N) is 1. The van der Waals surface area contributed by atoms with Crippen molar-refractivity contribution in [1.82, 2.24) is 0 Å². The van der Waals surface area contributed by atoms with Gasteiger partial charge in [0.2, 0.25) is 0 Å². The second kappa shape index (κ2) is 9.96. The molecule has 0 bridgehead atoms. The van der Waals surface area contributed by atoms with Crippen LogP contribution in [-0.2, 0) is 9.84 Å². The predicted octanol–water partition coefficient (Wildman–Crippen LogP) is 7.35. The van der Waals surface area contributed by atoms with Gasteiger partial charge in [-0.3, -0.25) is 0 Å². The molecule has 4 rings (SSSR count). The second-order valence-corrected chi connectivity index (χ2v) is 9.68. The highest BCUT2D eigenvalue weighted by atomic mass is 32.2. The number of para-hydroxylation sites is 1. The zero-order chi connectivity index (χ0) is 25.9. The van der Waals surface area contributed by atoms with E-state index in [0.29, 0.717) is 33.4 Å². The van der Waals surface area contributed by atoms with Gasteiger partial charge in [-0.1, -0.05) is 18.7 Å². The summed E-state index contributed by atoms with van der Waals surface area (Å²) >= 11 is 0. The number of anilines is 1. The summed E-state index contributed by atoms with van der Waals surface area (Å²) in [5, 5.41) is 42.7. The molecular formula is C26H23N5O4S. The Hall–Kier alpha value is -4.57. The predicted molar refractivity (Wildman–Crippen MR) is 140 cm³/mol. The molecule has 4 aromatic carbocycles. The summed E-state index contributed by atoms with van der Waals surface area (Å²) < 4.78 is 24.1. The number of phenols is 2. The third-order valence-electron chi connectivity index (χ3n) is 5.51. The number of phenolic OH excluding ortho intramolecular Hbond substituents is 2. The van der Waals surface area contributed by atoms with Crippen LogP contribution >= 0.6 is 0 Å².